The largest absolute Gasteiger partial charge is 0.301 e. The summed E-state index contributed by atoms with van der Waals surface area (Å²) < 4.78 is 1.19. The molecule has 1 nitrogen and oxygen atoms in total. The predicted molar refractivity (Wildman–Crippen MR) is 79.9 cm³/mol. The summed E-state index contributed by atoms with van der Waals surface area (Å²) in [6, 6.07) is 9.75. The molecule has 1 aliphatic heterocycles. The van der Waals surface area contributed by atoms with Crippen LogP contribution in [0.25, 0.3) is 0 Å². The summed E-state index contributed by atoms with van der Waals surface area (Å²) >= 11 is 3.51. The van der Waals surface area contributed by atoms with Crippen LogP contribution in [0.3, 0.4) is 0 Å². The number of likely N-dealkylation sites (tertiary alicyclic amines) is 1. The van der Waals surface area contributed by atoms with Crippen LogP contribution in [0.15, 0.2) is 28.7 Å². The maximum atomic E-state index is 3.51. The molecule has 1 aliphatic carbocycles. The van der Waals surface area contributed by atoms with Gasteiger partial charge in [0, 0.05) is 10.5 Å². The van der Waals surface area contributed by atoms with Gasteiger partial charge in [-0.1, -0.05) is 28.1 Å². The lowest BCUT2D eigenvalue weighted by Gasteiger charge is -2.20. The molecule has 0 bridgehead atoms. The molecule has 98 valence electrons. The fourth-order valence-corrected chi connectivity index (χ4v) is 3.61. The van der Waals surface area contributed by atoms with Crippen LogP contribution in [0, 0.1) is 5.92 Å². The van der Waals surface area contributed by atoms with Gasteiger partial charge in [-0.05, 0) is 75.2 Å². The second-order valence-electron chi connectivity index (χ2n) is 5.97. The molecule has 1 saturated heterocycles. The molecule has 0 amide bonds. The van der Waals surface area contributed by atoms with Crippen molar-refractivity contribution in [3.63, 3.8) is 0 Å². The highest BCUT2D eigenvalue weighted by Gasteiger charge is 2.38. The molecule has 3 atom stereocenters. The van der Waals surface area contributed by atoms with Crippen LogP contribution in [0.5, 0.6) is 0 Å². The van der Waals surface area contributed by atoms with E-state index in [0.717, 1.165) is 17.9 Å². The van der Waals surface area contributed by atoms with Gasteiger partial charge in [-0.2, -0.15) is 0 Å². The molecule has 2 heteroatoms. The maximum absolute atomic E-state index is 3.51. The van der Waals surface area contributed by atoms with Crippen LogP contribution >= 0.6 is 15.9 Å². The molecular formula is C16H22BrN. The first-order chi connectivity index (χ1) is 8.74. The van der Waals surface area contributed by atoms with Gasteiger partial charge >= 0.3 is 0 Å². The lowest BCUT2D eigenvalue weighted by molar-refractivity contribution is 0.260. The summed E-state index contributed by atoms with van der Waals surface area (Å²) in [5, 5.41) is 0. The Morgan fingerprint density at radius 1 is 1.28 bits per heavy atom. The number of nitrogens with zero attached hydrogens (tertiary/aromatic N) is 1. The Balaban J connectivity index is 1.48. The molecule has 1 unspecified atom stereocenters. The molecule has 1 heterocycles. The van der Waals surface area contributed by atoms with E-state index in [1.54, 1.807) is 0 Å². The molecule has 1 saturated carbocycles. The molecule has 0 aromatic heterocycles. The Morgan fingerprint density at radius 2 is 2.06 bits per heavy atom. The third-order valence-corrected chi connectivity index (χ3v) is 5.23. The van der Waals surface area contributed by atoms with Crippen molar-refractivity contribution in [2.75, 3.05) is 13.1 Å². The van der Waals surface area contributed by atoms with Crippen LogP contribution in [0.1, 0.15) is 44.1 Å². The Kier molecular flexibility index (Phi) is 3.76. The topological polar surface area (TPSA) is 3.24 Å². The SMILES string of the molecule is C[C@@H]1CCCN1CCC1C[C@H]1c1ccc(Br)cc1. The number of halogens is 1. The minimum atomic E-state index is 0.829. The van der Waals surface area contributed by atoms with E-state index in [1.807, 2.05) is 0 Å². The van der Waals surface area contributed by atoms with E-state index in [1.165, 1.54) is 48.8 Å². The van der Waals surface area contributed by atoms with Crippen molar-refractivity contribution < 1.29 is 0 Å². The summed E-state index contributed by atoms with van der Waals surface area (Å²) in [6.07, 6.45) is 5.61. The monoisotopic (exact) mass is 307 g/mol. The summed E-state index contributed by atoms with van der Waals surface area (Å²) in [4.78, 5) is 2.68. The van der Waals surface area contributed by atoms with E-state index in [4.69, 9.17) is 0 Å². The average molecular weight is 308 g/mol. The molecule has 3 rings (SSSR count). The second-order valence-corrected chi connectivity index (χ2v) is 6.89. The van der Waals surface area contributed by atoms with Gasteiger partial charge in [-0.15, -0.1) is 0 Å². The zero-order chi connectivity index (χ0) is 12.5. The Bertz CT molecular complexity index is 400. The summed E-state index contributed by atoms with van der Waals surface area (Å²) in [7, 11) is 0. The molecule has 0 radical (unpaired) electrons. The maximum Gasteiger partial charge on any atom is 0.0175 e. The Morgan fingerprint density at radius 3 is 2.72 bits per heavy atom. The third kappa shape index (κ3) is 2.80. The van der Waals surface area contributed by atoms with E-state index in [9.17, 15) is 0 Å². The Labute approximate surface area is 119 Å². The highest BCUT2D eigenvalue weighted by Crippen LogP contribution is 2.49. The van der Waals surface area contributed by atoms with Crippen LogP contribution < -0.4 is 0 Å². The van der Waals surface area contributed by atoms with Gasteiger partial charge in [0.25, 0.3) is 0 Å². The molecular weight excluding hydrogens is 286 g/mol. The fourth-order valence-electron chi connectivity index (χ4n) is 3.34. The predicted octanol–water partition coefficient (Wildman–Crippen LogP) is 4.43. The van der Waals surface area contributed by atoms with Crippen molar-refractivity contribution in [1.82, 2.24) is 4.90 Å². The first-order valence-corrected chi connectivity index (χ1v) is 8.03. The van der Waals surface area contributed by atoms with E-state index < -0.39 is 0 Å². The summed E-state index contributed by atoms with van der Waals surface area (Å²) in [5.41, 5.74) is 1.54. The van der Waals surface area contributed by atoms with E-state index in [-0.39, 0.29) is 0 Å². The smallest absolute Gasteiger partial charge is 0.0175 e. The van der Waals surface area contributed by atoms with E-state index in [2.05, 4.69) is 52.0 Å². The minimum absolute atomic E-state index is 0.829. The highest BCUT2D eigenvalue weighted by atomic mass is 79.9. The quantitative estimate of drug-likeness (QED) is 0.795. The van der Waals surface area contributed by atoms with Crippen molar-refractivity contribution in [3.05, 3.63) is 34.3 Å². The normalized spacial score (nSPS) is 31.8. The van der Waals surface area contributed by atoms with Crippen LogP contribution in [0.4, 0.5) is 0 Å². The van der Waals surface area contributed by atoms with Gasteiger partial charge in [0.1, 0.15) is 0 Å². The second kappa shape index (κ2) is 5.34. The van der Waals surface area contributed by atoms with Gasteiger partial charge in [-0.3, -0.25) is 0 Å². The standard InChI is InChI=1S/C16H22BrN/c1-12-3-2-9-18(12)10-8-14-11-16(14)13-4-6-15(17)7-5-13/h4-7,12,14,16H,2-3,8-11H2,1H3/t12-,14?,16+/m1/s1. The minimum Gasteiger partial charge on any atom is -0.301 e. The van der Waals surface area contributed by atoms with E-state index >= 15 is 0 Å². The van der Waals surface area contributed by atoms with Crippen molar-refractivity contribution in [3.8, 4) is 0 Å². The van der Waals surface area contributed by atoms with Gasteiger partial charge in [0.2, 0.25) is 0 Å². The van der Waals surface area contributed by atoms with E-state index in [0.29, 0.717) is 0 Å². The molecule has 1 aromatic carbocycles. The zero-order valence-electron chi connectivity index (χ0n) is 11.1. The highest BCUT2D eigenvalue weighted by molar-refractivity contribution is 9.10. The lowest BCUT2D eigenvalue weighted by atomic mass is 10.1. The summed E-state index contributed by atoms with van der Waals surface area (Å²) in [6.45, 7) is 5.03. The Hall–Kier alpha value is -0.340. The first kappa shape index (κ1) is 12.7. The summed E-state index contributed by atoms with van der Waals surface area (Å²) in [5.74, 6) is 1.79. The van der Waals surface area contributed by atoms with Gasteiger partial charge in [-0.25, -0.2) is 0 Å². The van der Waals surface area contributed by atoms with Crippen LogP contribution in [-0.2, 0) is 0 Å². The molecule has 18 heavy (non-hydrogen) atoms. The van der Waals surface area contributed by atoms with Crippen molar-refractivity contribution in [2.45, 2.75) is 44.6 Å². The molecule has 2 fully saturated rings. The number of hydrogen-bond acceptors (Lipinski definition) is 1. The third-order valence-electron chi connectivity index (χ3n) is 4.70. The van der Waals surface area contributed by atoms with Gasteiger partial charge in [0.15, 0.2) is 0 Å². The molecule has 0 N–H and O–H groups in total. The van der Waals surface area contributed by atoms with Crippen LogP contribution in [-0.4, -0.2) is 24.0 Å². The van der Waals surface area contributed by atoms with Gasteiger partial charge in [0.05, 0.1) is 0 Å². The van der Waals surface area contributed by atoms with Crippen molar-refractivity contribution in [2.24, 2.45) is 5.92 Å². The number of benzene rings is 1. The molecule has 1 aromatic rings. The van der Waals surface area contributed by atoms with Gasteiger partial charge < -0.3 is 4.90 Å². The van der Waals surface area contributed by atoms with Crippen molar-refractivity contribution in [1.29, 1.82) is 0 Å². The lowest BCUT2D eigenvalue weighted by Crippen LogP contribution is -2.28. The van der Waals surface area contributed by atoms with Crippen molar-refractivity contribution >= 4 is 15.9 Å². The number of rotatable bonds is 4. The average Bonchev–Trinajstić information content (AvgIpc) is 3.03. The number of hydrogen-bond donors (Lipinski definition) is 0. The molecule has 2 aliphatic rings. The zero-order valence-corrected chi connectivity index (χ0v) is 12.7. The fraction of sp³-hybridized carbons (Fsp3) is 0.625. The van der Waals surface area contributed by atoms with Crippen LogP contribution in [0.2, 0.25) is 0 Å². The molecule has 0 spiro atoms. The first-order valence-electron chi connectivity index (χ1n) is 7.23.